The van der Waals surface area contributed by atoms with Crippen molar-refractivity contribution >= 4 is 43.5 Å². The van der Waals surface area contributed by atoms with Gasteiger partial charge in [0.15, 0.2) is 0 Å². The maximum atomic E-state index is 10.3. The molecule has 0 saturated carbocycles. The number of hydrogen-bond donors (Lipinski definition) is 1. The molecule has 0 radical (unpaired) electrons. The Morgan fingerprint density at radius 2 is 1.82 bits per heavy atom. The molecule has 0 aliphatic heterocycles. The smallest absolute Gasteiger partial charge is 0.105 e. The van der Waals surface area contributed by atoms with Crippen molar-refractivity contribution in [2.45, 2.75) is 6.10 Å². The first-order valence-electron chi connectivity index (χ1n) is 4.96. The van der Waals surface area contributed by atoms with Gasteiger partial charge in [-0.2, -0.15) is 0 Å². The van der Waals surface area contributed by atoms with Crippen LogP contribution in [0.5, 0.6) is 0 Å². The summed E-state index contributed by atoms with van der Waals surface area (Å²) >= 11 is 12.7. The van der Waals surface area contributed by atoms with E-state index in [1.807, 2.05) is 30.3 Å². The van der Waals surface area contributed by atoms with E-state index in [1.54, 1.807) is 12.1 Å². The second-order valence-corrected chi connectivity index (χ2v) is 5.83. The van der Waals surface area contributed by atoms with Crippen LogP contribution in [0.4, 0.5) is 0 Å². The summed E-state index contributed by atoms with van der Waals surface area (Å²) in [6, 6.07) is 12.9. The van der Waals surface area contributed by atoms with Gasteiger partial charge in [0.2, 0.25) is 0 Å². The van der Waals surface area contributed by atoms with Gasteiger partial charge >= 0.3 is 0 Å². The van der Waals surface area contributed by atoms with Gasteiger partial charge in [-0.05, 0) is 35.9 Å². The third-order valence-corrected chi connectivity index (χ3v) is 3.87. The molecule has 2 aromatic rings. The molecule has 0 aliphatic rings. The molecular weight excluding hydrogens is 367 g/mol. The molecule has 1 N–H and O–H groups in total. The van der Waals surface area contributed by atoms with E-state index in [0.717, 1.165) is 20.1 Å². The number of rotatable bonds is 2. The van der Waals surface area contributed by atoms with Crippen molar-refractivity contribution in [1.29, 1.82) is 0 Å². The van der Waals surface area contributed by atoms with E-state index >= 15 is 0 Å². The molecule has 17 heavy (non-hydrogen) atoms. The summed E-state index contributed by atoms with van der Waals surface area (Å²) < 4.78 is 1.80. The second-order valence-electron chi connectivity index (χ2n) is 3.62. The van der Waals surface area contributed by atoms with Gasteiger partial charge < -0.3 is 5.11 Å². The highest BCUT2D eigenvalue weighted by atomic mass is 79.9. The summed E-state index contributed by atoms with van der Waals surface area (Å²) in [5.41, 5.74) is 1.58. The van der Waals surface area contributed by atoms with Gasteiger partial charge in [0.05, 0.1) is 0 Å². The molecule has 0 spiro atoms. The zero-order valence-electron chi connectivity index (χ0n) is 8.70. The number of halogens is 3. The third-order valence-electron chi connectivity index (χ3n) is 2.42. The van der Waals surface area contributed by atoms with Gasteiger partial charge in [0.1, 0.15) is 6.10 Å². The van der Waals surface area contributed by atoms with Gasteiger partial charge in [0, 0.05) is 19.5 Å². The van der Waals surface area contributed by atoms with E-state index < -0.39 is 6.10 Å². The summed E-state index contributed by atoms with van der Waals surface area (Å²) in [5.74, 6) is 0. The molecule has 1 atom stereocenters. The number of hydrogen-bond acceptors (Lipinski definition) is 1. The summed E-state index contributed by atoms with van der Waals surface area (Å²) in [6.45, 7) is 0. The average molecular weight is 376 g/mol. The van der Waals surface area contributed by atoms with Crippen molar-refractivity contribution in [3.63, 3.8) is 0 Å². The number of aliphatic hydroxyl groups is 1. The van der Waals surface area contributed by atoms with Crippen molar-refractivity contribution in [1.82, 2.24) is 0 Å². The maximum absolute atomic E-state index is 10.3. The lowest BCUT2D eigenvalue weighted by atomic mass is 10.0. The lowest BCUT2D eigenvalue weighted by Gasteiger charge is -2.14. The van der Waals surface area contributed by atoms with Crippen molar-refractivity contribution in [2.24, 2.45) is 0 Å². The van der Waals surface area contributed by atoms with Crippen LogP contribution >= 0.6 is 43.5 Å². The summed E-state index contributed by atoms with van der Waals surface area (Å²) in [5, 5.41) is 10.9. The van der Waals surface area contributed by atoms with Gasteiger partial charge in [-0.15, -0.1) is 0 Å². The molecule has 2 rings (SSSR count). The fraction of sp³-hybridized carbons (Fsp3) is 0.0769. The van der Waals surface area contributed by atoms with E-state index in [1.165, 1.54) is 0 Å². The Kier molecular flexibility index (Phi) is 4.26. The topological polar surface area (TPSA) is 20.2 Å². The number of aliphatic hydroxyl groups excluding tert-OH is 1. The Labute approximate surface area is 122 Å². The van der Waals surface area contributed by atoms with Crippen LogP contribution in [-0.4, -0.2) is 5.11 Å². The molecule has 1 unspecified atom stereocenters. The van der Waals surface area contributed by atoms with Crippen LogP contribution in [0.2, 0.25) is 5.02 Å². The molecule has 0 saturated heterocycles. The highest BCUT2D eigenvalue weighted by Gasteiger charge is 2.14. The van der Waals surface area contributed by atoms with Crippen LogP contribution in [0.15, 0.2) is 51.4 Å². The van der Waals surface area contributed by atoms with Crippen LogP contribution in [-0.2, 0) is 0 Å². The van der Waals surface area contributed by atoms with Gasteiger partial charge in [-0.3, -0.25) is 0 Å². The SMILES string of the molecule is OC(c1cccc(Cl)c1)c1cc(Br)ccc1Br. The molecule has 0 heterocycles. The molecule has 88 valence electrons. The fourth-order valence-electron chi connectivity index (χ4n) is 1.58. The highest BCUT2D eigenvalue weighted by molar-refractivity contribution is 9.11. The first kappa shape index (κ1) is 13.1. The lowest BCUT2D eigenvalue weighted by Crippen LogP contribution is -2.00. The minimum Gasteiger partial charge on any atom is -0.384 e. The van der Waals surface area contributed by atoms with E-state index in [-0.39, 0.29) is 0 Å². The van der Waals surface area contributed by atoms with Crippen LogP contribution in [0.25, 0.3) is 0 Å². The molecule has 0 amide bonds. The zero-order chi connectivity index (χ0) is 12.4. The van der Waals surface area contributed by atoms with Crippen molar-refractivity contribution < 1.29 is 5.11 Å². The summed E-state index contributed by atoms with van der Waals surface area (Å²) in [7, 11) is 0. The molecule has 4 heteroatoms. The van der Waals surface area contributed by atoms with Crippen LogP contribution in [0, 0.1) is 0 Å². The first-order chi connectivity index (χ1) is 8.08. The molecule has 0 aromatic heterocycles. The predicted molar refractivity (Wildman–Crippen MR) is 77.4 cm³/mol. The molecular formula is C13H9Br2ClO. The van der Waals surface area contributed by atoms with E-state index in [4.69, 9.17) is 11.6 Å². The molecule has 2 aromatic carbocycles. The number of benzene rings is 2. The molecule has 0 fully saturated rings. The molecule has 0 aliphatic carbocycles. The van der Waals surface area contributed by atoms with E-state index in [9.17, 15) is 5.11 Å². The van der Waals surface area contributed by atoms with Crippen molar-refractivity contribution in [3.05, 3.63) is 67.6 Å². The van der Waals surface area contributed by atoms with Gasteiger partial charge in [-0.1, -0.05) is 55.6 Å². The average Bonchev–Trinajstić information content (AvgIpc) is 2.31. The normalized spacial score (nSPS) is 12.5. The molecule has 0 bridgehead atoms. The third kappa shape index (κ3) is 3.10. The van der Waals surface area contributed by atoms with Crippen molar-refractivity contribution in [3.8, 4) is 0 Å². The van der Waals surface area contributed by atoms with Gasteiger partial charge in [-0.25, -0.2) is 0 Å². The zero-order valence-corrected chi connectivity index (χ0v) is 12.6. The Hall–Kier alpha value is -0.350. The fourth-order valence-corrected chi connectivity index (χ4v) is 2.62. The van der Waals surface area contributed by atoms with Gasteiger partial charge in [0.25, 0.3) is 0 Å². The van der Waals surface area contributed by atoms with Crippen molar-refractivity contribution in [2.75, 3.05) is 0 Å². The second kappa shape index (κ2) is 5.53. The minimum atomic E-state index is -0.694. The summed E-state index contributed by atoms with van der Waals surface area (Å²) in [6.07, 6.45) is -0.694. The predicted octanol–water partition coefficient (Wildman–Crippen LogP) is 4.95. The van der Waals surface area contributed by atoms with E-state index in [0.29, 0.717) is 5.02 Å². The Morgan fingerprint density at radius 1 is 1.06 bits per heavy atom. The van der Waals surface area contributed by atoms with E-state index in [2.05, 4.69) is 31.9 Å². The van der Waals surface area contributed by atoms with Crippen LogP contribution in [0.3, 0.4) is 0 Å². The summed E-state index contributed by atoms with van der Waals surface area (Å²) in [4.78, 5) is 0. The Balaban J connectivity index is 2.43. The first-order valence-corrected chi connectivity index (χ1v) is 6.93. The Morgan fingerprint density at radius 3 is 2.53 bits per heavy atom. The minimum absolute atomic E-state index is 0.618. The lowest BCUT2D eigenvalue weighted by molar-refractivity contribution is 0.219. The van der Waals surface area contributed by atoms with Crippen LogP contribution < -0.4 is 0 Å². The maximum Gasteiger partial charge on any atom is 0.105 e. The standard InChI is InChI=1S/C13H9Br2ClO/c14-9-4-5-12(15)11(7-9)13(17)8-2-1-3-10(16)6-8/h1-7,13,17H. The highest BCUT2D eigenvalue weighted by Crippen LogP contribution is 2.31. The molecule has 1 nitrogen and oxygen atoms in total. The van der Waals surface area contributed by atoms with Crippen LogP contribution in [0.1, 0.15) is 17.2 Å². The monoisotopic (exact) mass is 374 g/mol. The largest absolute Gasteiger partial charge is 0.384 e. The Bertz CT molecular complexity index is 543. The quantitative estimate of drug-likeness (QED) is 0.787.